The van der Waals surface area contributed by atoms with E-state index in [4.69, 9.17) is 4.42 Å². The summed E-state index contributed by atoms with van der Waals surface area (Å²) < 4.78 is 44.5. The van der Waals surface area contributed by atoms with Gasteiger partial charge >= 0.3 is 6.18 Å². The van der Waals surface area contributed by atoms with Crippen molar-refractivity contribution >= 4 is 6.29 Å². The highest BCUT2D eigenvalue weighted by Gasteiger charge is 2.39. The van der Waals surface area contributed by atoms with Crippen LogP contribution in [0.4, 0.5) is 13.2 Å². The van der Waals surface area contributed by atoms with Crippen LogP contribution >= 0.6 is 0 Å². The lowest BCUT2D eigenvalue weighted by molar-refractivity contribution is -0.148. The third-order valence-electron chi connectivity index (χ3n) is 3.26. The Balaban J connectivity index is 1.73. The number of furan rings is 1. The van der Waals surface area contributed by atoms with Gasteiger partial charge in [0, 0.05) is 13.1 Å². The molecule has 3 heterocycles. The average Bonchev–Trinajstić information content (AvgIpc) is 3.03. The molecule has 0 radical (unpaired) electrons. The van der Waals surface area contributed by atoms with Crippen molar-refractivity contribution < 1.29 is 22.4 Å². The van der Waals surface area contributed by atoms with E-state index in [-0.39, 0.29) is 24.7 Å². The molecule has 0 aromatic carbocycles. The summed E-state index contributed by atoms with van der Waals surface area (Å²) in [6, 6.07) is 3.22. The van der Waals surface area contributed by atoms with Crippen LogP contribution in [0.5, 0.6) is 0 Å². The fraction of sp³-hybridized carbons (Fsp3) is 0.417. The first-order chi connectivity index (χ1) is 9.97. The van der Waals surface area contributed by atoms with Crippen molar-refractivity contribution in [2.75, 3.05) is 6.54 Å². The number of nitrogens with zero attached hydrogens (tertiary/aromatic N) is 4. The zero-order valence-electron chi connectivity index (χ0n) is 10.8. The van der Waals surface area contributed by atoms with E-state index in [1.165, 1.54) is 0 Å². The first-order valence-corrected chi connectivity index (χ1v) is 6.23. The van der Waals surface area contributed by atoms with Crippen LogP contribution in [0.2, 0.25) is 0 Å². The quantitative estimate of drug-likeness (QED) is 0.808. The molecule has 0 aliphatic carbocycles. The molecule has 9 heteroatoms. The highest BCUT2D eigenvalue weighted by Crippen LogP contribution is 2.29. The Morgan fingerprint density at radius 2 is 2.10 bits per heavy atom. The molecule has 0 amide bonds. The predicted octanol–water partition coefficient (Wildman–Crippen LogP) is 1.72. The number of hydrogen-bond donors (Lipinski definition) is 0. The molecule has 0 unspecified atom stereocenters. The van der Waals surface area contributed by atoms with E-state index in [0.29, 0.717) is 25.1 Å². The van der Waals surface area contributed by atoms with Crippen LogP contribution in [0.1, 0.15) is 28.0 Å². The van der Waals surface area contributed by atoms with Crippen LogP contribution in [0.25, 0.3) is 0 Å². The van der Waals surface area contributed by atoms with Crippen molar-refractivity contribution in [3.63, 3.8) is 0 Å². The van der Waals surface area contributed by atoms with E-state index >= 15 is 0 Å². The molecule has 21 heavy (non-hydrogen) atoms. The van der Waals surface area contributed by atoms with E-state index in [2.05, 4.69) is 10.2 Å². The van der Waals surface area contributed by atoms with Gasteiger partial charge in [-0.05, 0) is 12.1 Å². The molecule has 0 fully saturated rings. The van der Waals surface area contributed by atoms with Crippen molar-refractivity contribution in [1.29, 1.82) is 0 Å². The van der Waals surface area contributed by atoms with Gasteiger partial charge in [-0.1, -0.05) is 0 Å². The lowest BCUT2D eigenvalue weighted by Gasteiger charge is -2.27. The molecule has 0 spiro atoms. The van der Waals surface area contributed by atoms with Gasteiger partial charge < -0.3 is 8.98 Å². The van der Waals surface area contributed by atoms with Crippen molar-refractivity contribution in [3.8, 4) is 0 Å². The SMILES string of the molecule is O=Cc1ccc(CN2CCn3c(nnc3C(F)(F)F)C2)o1. The Morgan fingerprint density at radius 3 is 2.76 bits per heavy atom. The molecule has 0 saturated heterocycles. The number of carbonyl (C=O) groups is 1. The second kappa shape index (κ2) is 4.99. The maximum absolute atomic E-state index is 12.7. The lowest BCUT2D eigenvalue weighted by atomic mass is 10.3. The van der Waals surface area contributed by atoms with E-state index in [9.17, 15) is 18.0 Å². The van der Waals surface area contributed by atoms with Gasteiger partial charge in [-0.25, -0.2) is 0 Å². The van der Waals surface area contributed by atoms with Crippen molar-refractivity contribution in [1.82, 2.24) is 19.7 Å². The predicted molar refractivity (Wildman–Crippen MR) is 63.2 cm³/mol. The van der Waals surface area contributed by atoms with Gasteiger partial charge in [-0.3, -0.25) is 9.69 Å². The number of alkyl halides is 3. The third-order valence-corrected chi connectivity index (χ3v) is 3.26. The monoisotopic (exact) mass is 300 g/mol. The Morgan fingerprint density at radius 1 is 1.29 bits per heavy atom. The molecule has 1 aliphatic rings. The fourth-order valence-electron chi connectivity index (χ4n) is 2.32. The van der Waals surface area contributed by atoms with Crippen molar-refractivity contribution in [2.45, 2.75) is 25.8 Å². The zero-order chi connectivity index (χ0) is 15.0. The van der Waals surface area contributed by atoms with Crippen LogP contribution < -0.4 is 0 Å². The summed E-state index contributed by atoms with van der Waals surface area (Å²) in [4.78, 5) is 12.4. The first kappa shape index (κ1) is 13.8. The van der Waals surface area contributed by atoms with Crippen molar-refractivity contribution in [3.05, 3.63) is 35.3 Å². The number of halogens is 3. The summed E-state index contributed by atoms with van der Waals surface area (Å²) in [7, 11) is 0. The van der Waals surface area contributed by atoms with Gasteiger partial charge in [0.1, 0.15) is 11.6 Å². The standard InChI is InChI=1S/C12H11F3N4O2/c13-12(14,15)11-17-16-10-6-18(3-4-19(10)11)5-8-1-2-9(7-20)21-8/h1-2,7H,3-6H2. The fourth-order valence-corrected chi connectivity index (χ4v) is 2.32. The number of aromatic nitrogens is 3. The first-order valence-electron chi connectivity index (χ1n) is 6.23. The number of rotatable bonds is 3. The maximum Gasteiger partial charge on any atom is 0.451 e. The summed E-state index contributed by atoms with van der Waals surface area (Å²) in [6.45, 7) is 1.24. The van der Waals surface area contributed by atoms with E-state index in [1.807, 2.05) is 4.90 Å². The minimum Gasteiger partial charge on any atom is -0.457 e. The molecule has 2 aromatic rings. The van der Waals surface area contributed by atoms with Gasteiger partial charge in [-0.2, -0.15) is 13.2 Å². The van der Waals surface area contributed by atoms with Gasteiger partial charge in [0.05, 0.1) is 13.1 Å². The van der Waals surface area contributed by atoms with Crippen LogP contribution in [0, 0.1) is 0 Å². The Kier molecular flexibility index (Phi) is 3.28. The van der Waals surface area contributed by atoms with E-state index < -0.39 is 12.0 Å². The molecule has 0 bridgehead atoms. The van der Waals surface area contributed by atoms with Gasteiger partial charge in [-0.15, -0.1) is 10.2 Å². The molecule has 0 atom stereocenters. The van der Waals surface area contributed by atoms with Crippen LogP contribution in [0.3, 0.4) is 0 Å². The number of carbonyl (C=O) groups excluding carboxylic acids is 1. The molecule has 3 rings (SSSR count). The highest BCUT2D eigenvalue weighted by atomic mass is 19.4. The van der Waals surface area contributed by atoms with E-state index in [0.717, 1.165) is 4.57 Å². The van der Waals surface area contributed by atoms with Gasteiger partial charge in [0.25, 0.3) is 0 Å². The molecule has 0 saturated carbocycles. The van der Waals surface area contributed by atoms with Crippen LogP contribution in [0.15, 0.2) is 16.5 Å². The topological polar surface area (TPSA) is 64.2 Å². The average molecular weight is 300 g/mol. The summed E-state index contributed by atoms with van der Waals surface area (Å²) in [5, 5.41) is 6.82. The van der Waals surface area contributed by atoms with Gasteiger partial charge in [0.2, 0.25) is 5.82 Å². The third kappa shape index (κ3) is 2.68. The van der Waals surface area contributed by atoms with Crippen LogP contribution in [-0.4, -0.2) is 32.5 Å². The molecule has 2 aromatic heterocycles. The summed E-state index contributed by atoms with van der Waals surface area (Å²) in [5.74, 6) is 0.125. The molecular formula is C12H11F3N4O2. The second-order valence-electron chi connectivity index (χ2n) is 4.72. The molecule has 112 valence electrons. The molecule has 0 N–H and O–H groups in total. The second-order valence-corrected chi connectivity index (χ2v) is 4.72. The van der Waals surface area contributed by atoms with Crippen molar-refractivity contribution in [2.24, 2.45) is 0 Å². The number of fused-ring (bicyclic) bond motifs is 1. The number of aldehydes is 1. The maximum atomic E-state index is 12.7. The van der Waals surface area contributed by atoms with E-state index in [1.54, 1.807) is 12.1 Å². The summed E-state index contributed by atoms with van der Waals surface area (Å²) in [5.41, 5.74) is 0. The minimum atomic E-state index is -4.49. The number of hydrogen-bond acceptors (Lipinski definition) is 5. The zero-order valence-corrected chi connectivity index (χ0v) is 10.8. The Labute approximate surface area is 117 Å². The van der Waals surface area contributed by atoms with Gasteiger partial charge in [0.15, 0.2) is 12.0 Å². The smallest absolute Gasteiger partial charge is 0.451 e. The highest BCUT2D eigenvalue weighted by molar-refractivity contribution is 5.70. The molecule has 1 aliphatic heterocycles. The normalized spacial score (nSPS) is 16.0. The van der Waals surface area contributed by atoms with Crippen LogP contribution in [-0.2, 0) is 25.8 Å². The largest absolute Gasteiger partial charge is 0.457 e. The summed E-state index contributed by atoms with van der Waals surface area (Å²) >= 11 is 0. The molecular weight excluding hydrogens is 289 g/mol. The Bertz CT molecular complexity index is 662. The summed E-state index contributed by atoms with van der Waals surface area (Å²) in [6.07, 6.45) is -3.89. The molecule has 6 nitrogen and oxygen atoms in total. The lowest BCUT2D eigenvalue weighted by Crippen LogP contribution is -2.34. The minimum absolute atomic E-state index is 0.165. The Hall–Kier alpha value is -2.16.